The number of thiophene rings is 1. The number of nitrogens with one attached hydrogen (secondary N) is 1. The Hall–Kier alpha value is -0.870. The van der Waals surface area contributed by atoms with Gasteiger partial charge in [0.25, 0.3) is 0 Å². The average Bonchev–Trinajstić information content (AvgIpc) is 2.90. The van der Waals surface area contributed by atoms with Crippen LogP contribution in [0.5, 0.6) is 0 Å². The van der Waals surface area contributed by atoms with E-state index in [4.69, 9.17) is 0 Å². The summed E-state index contributed by atoms with van der Waals surface area (Å²) >= 11 is 1.87. The third kappa shape index (κ3) is 1.13. The predicted octanol–water partition coefficient (Wildman–Crippen LogP) is 1.34. The molecule has 0 aromatic carbocycles. The SMILES string of the molecule is O=C1CC2CNCCC23c2ccsc2CCN13. The molecule has 1 aromatic heterocycles. The zero-order chi connectivity index (χ0) is 11.5. The molecule has 0 saturated carbocycles. The van der Waals surface area contributed by atoms with E-state index in [9.17, 15) is 4.79 Å². The maximum atomic E-state index is 12.2. The molecule has 4 heterocycles. The van der Waals surface area contributed by atoms with Crippen LogP contribution < -0.4 is 5.32 Å². The Morgan fingerprint density at radius 1 is 1.53 bits per heavy atom. The monoisotopic (exact) mass is 248 g/mol. The van der Waals surface area contributed by atoms with Gasteiger partial charge in [0.2, 0.25) is 5.91 Å². The molecule has 0 aliphatic carbocycles. The highest BCUT2D eigenvalue weighted by Gasteiger charge is 2.56. The molecule has 1 N–H and O–H groups in total. The fourth-order valence-corrected chi connectivity index (χ4v) is 4.97. The summed E-state index contributed by atoms with van der Waals surface area (Å²) in [7, 11) is 0. The average molecular weight is 248 g/mol. The van der Waals surface area contributed by atoms with Crippen LogP contribution in [0.1, 0.15) is 23.3 Å². The van der Waals surface area contributed by atoms with E-state index in [1.54, 1.807) is 0 Å². The maximum absolute atomic E-state index is 12.2. The first-order valence-electron chi connectivity index (χ1n) is 6.40. The van der Waals surface area contributed by atoms with Gasteiger partial charge in [0, 0.05) is 30.3 Å². The second-order valence-corrected chi connectivity index (χ2v) is 6.33. The lowest BCUT2D eigenvalue weighted by atomic mass is 9.72. The van der Waals surface area contributed by atoms with E-state index in [1.165, 1.54) is 10.4 Å². The van der Waals surface area contributed by atoms with Gasteiger partial charge in [-0.3, -0.25) is 4.79 Å². The molecule has 2 fully saturated rings. The second-order valence-electron chi connectivity index (χ2n) is 5.33. The van der Waals surface area contributed by atoms with E-state index in [2.05, 4.69) is 21.7 Å². The molecule has 3 nitrogen and oxygen atoms in total. The van der Waals surface area contributed by atoms with Crippen LogP contribution in [0.15, 0.2) is 11.4 Å². The van der Waals surface area contributed by atoms with Crippen molar-refractivity contribution < 1.29 is 4.79 Å². The Balaban J connectivity index is 1.92. The van der Waals surface area contributed by atoms with Gasteiger partial charge < -0.3 is 10.2 Å². The van der Waals surface area contributed by atoms with Gasteiger partial charge in [-0.25, -0.2) is 0 Å². The van der Waals surface area contributed by atoms with Gasteiger partial charge in [-0.05, 0) is 36.4 Å². The van der Waals surface area contributed by atoms with Crippen LogP contribution in [0.3, 0.4) is 0 Å². The molecule has 3 aliphatic heterocycles. The van der Waals surface area contributed by atoms with Crippen LogP contribution in [0.25, 0.3) is 0 Å². The van der Waals surface area contributed by atoms with Gasteiger partial charge >= 0.3 is 0 Å². The molecular weight excluding hydrogens is 232 g/mol. The van der Waals surface area contributed by atoms with Crippen LogP contribution in [0.4, 0.5) is 0 Å². The summed E-state index contributed by atoms with van der Waals surface area (Å²) in [4.78, 5) is 15.9. The van der Waals surface area contributed by atoms with Gasteiger partial charge in [0.15, 0.2) is 0 Å². The van der Waals surface area contributed by atoms with Crippen molar-refractivity contribution >= 4 is 17.2 Å². The normalized spacial score (nSPS) is 35.4. The minimum absolute atomic E-state index is 0.0515. The molecule has 0 radical (unpaired) electrons. The largest absolute Gasteiger partial charge is 0.332 e. The number of rotatable bonds is 0. The van der Waals surface area contributed by atoms with E-state index in [0.29, 0.717) is 11.8 Å². The van der Waals surface area contributed by atoms with E-state index in [1.807, 2.05) is 11.3 Å². The summed E-state index contributed by atoms with van der Waals surface area (Å²) in [5, 5.41) is 5.65. The van der Waals surface area contributed by atoms with Crippen LogP contribution in [-0.4, -0.2) is 30.4 Å². The molecule has 1 spiro atoms. The van der Waals surface area contributed by atoms with Crippen molar-refractivity contribution in [3.8, 4) is 0 Å². The van der Waals surface area contributed by atoms with Crippen LogP contribution in [-0.2, 0) is 16.8 Å². The van der Waals surface area contributed by atoms with E-state index in [0.717, 1.165) is 38.9 Å². The van der Waals surface area contributed by atoms with Crippen molar-refractivity contribution in [3.63, 3.8) is 0 Å². The number of hydrogen-bond acceptors (Lipinski definition) is 3. The summed E-state index contributed by atoms with van der Waals surface area (Å²) in [6.45, 7) is 2.97. The highest BCUT2D eigenvalue weighted by Crippen LogP contribution is 2.52. The van der Waals surface area contributed by atoms with E-state index in [-0.39, 0.29) is 5.54 Å². The Morgan fingerprint density at radius 2 is 2.47 bits per heavy atom. The first-order valence-corrected chi connectivity index (χ1v) is 7.28. The van der Waals surface area contributed by atoms with Gasteiger partial charge in [0.05, 0.1) is 5.54 Å². The lowest BCUT2D eigenvalue weighted by Crippen LogP contribution is -2.56. The number of amides is 1. The minimum Gasteiger partial charge on any atom is -0.332 e. The Kier molecular flexibility index (Phi) is 1.97. The van der Waals surface area contributed by atoms with Gasteiger partial charge in [0.1, 0.15) is 0 Å². The third-order valence-electron chi connectivity index (χ3n) is 4.73. The molecule has 17 heavy (non-hydrogen) atoms. The van der Waals surface area contributed by atoms with Crippen molar-refractivity contribution in [3.05, 3.63) is 21.9 Å². The fourth-order valence-electron chi connectivity index (χ4n) is 4.03. The van der Waals surface area contributed by atoms with Crippen LogP contribution >= 0.6 is 11.3 Å². The van der Waals surface area contributed by atoms with Gasteiger partial charge in [-0.15, -0.1) is 11.3 Å². The van der Waals surface area contributed by atoms with Crippen molar-refractivity contribution in [2.45, 2.75) is 24.8 Å². The first kappa shape index (κ1) is 10.1. The molecule has 0 bridgehead atoms. The van der Waals surface area contributed by atoms with Gasteiger partial charge in [-0.1, -0.05) is 0 Å². The lowest BCUT2D eigenvalue weighted by molar-refractivity contribution is -0.132. The summed E-state index contributed by atoms with van der Waals surface area (Å²) in [6, 6.07) is 2.27. The number of carbonyl (C=O) groups is 1. The lowest BCUT2D eigenvalue weighted by Gasteiger charge is -2.48. The molecule has 2 saturated heterocycles. The highest BCUT2D eigenvalue weighted by atomic mass is 32.1. The minimum atomic E-state index is 0.0515. The number of hydrogen-bond donors (Lipinski definition) is 1. The number of fused-ring (bicyclic) bond motifs is 1. The highest BCUT2D eigenvalue weighted by molar-refractivity contribution is 7.10. The van der Waals surface area contributed by atoms with Crippen molar-refractivity contribution in [1.82, 2.24) is 10.2 Å². The summed E-state index contributed by atoms with van der Waals surface area (Å²) in [5.41, 5.74) is 1.52. The van der Waals surface area contributed by atoms with E-state index < -0.39 is 0 Å². The molecular formula is C13H16N2OS. The van der Waals surface area contributed by atoms with Crippen molar-refractivity contribution in [2.75, 3.05) is 19.6 Å². The summed E-state index contributed by atoms with van der Waals surface area (Å²) < 4.78 is 0. The Labute approximate surface area is 105 Å². The molecule has 2 atom stereocenters. The molecule has 1 aromatic rings. The van der Waals surface area contributed by atoms with Crippen LogP contribution in [0, 0.1) is 5.92 Å². The maximum Gasteiger partial charge on any atom is 0.223 e. The van der Waals surface area contributed by atoms with Crippen molar-refractivity contribution in [1.29, 1.82) is 0 Å². The molecule has 4 heteroatoms. The smallest absolute Gasteiger partial charge is 0.223 e. The zero-order valence-electron chi connectivity index (χ0n) is 9.74. The van der Waals surface area contributed by atoms with Crippen molar-refractivity contribution in [2.24, 2.45) is 5.92 Å². The molecule has 2 unspecified atom stereocenters. The Bertz CT molecular complexity index is 484. The van der Waals surface area contributed by atoms with Gasteiger partial charge in [-0.2, -0.15) is 0 Å². The number of piperidine rings is 1. The number of carbonyl (C=O) groups excluding carboxylic acids is 1. The van der Waals surface area contributed by atoms with E-state index >= 15 is 0 Å². The zero-order valence-corrected chi connectivity index (χ0v) is 10.6. The fraction of sp³-hybridized carbons (Fsp3) is 0.615. The first-order chi connectivity index (χ1) is 8.32. The quantitative estimate of drug-likeness (QED) is 0.751. The molecule has 1 amide bonds. The van der Waals surface area contributed by atoms with Crippen LogP contribution in [0.2, 0.25) is 0 Å². The second kappa shape index (κ2) is 3.33. The summed E-state index contributed by atoms with van der Waals surface area (Å²) in [6.07, 6.45) is 2.88. The topological polar surface area (TPSA) is 32.3 Å². The predicted molar refractivity (Wildman–Crippen MR) is 67.0 cm³/mol. The number of nitrogens with zero attached hydrogens (tertiary/aromatic N) is 1. The molecule has 90 valence electrons. The molecule has 3 aliphatic rings. The molecule has 4 rings (SSSR count). The third-order valence-corrected chi connectivity index (χ3v) is 5.71. The summed E-state index contributed by atoms with van der Waals surface area (Å²) in [5.74, 6) is 0.855. The standard InChI is InChI=1S/C13H16N2OS/c16-12-7-9-8-14-4-3-13(9)10-2-6-17-11(10)1-5-15(12)13/h2,6,9,14H,1,3-5,7-8H2. The Morgan fingerprint density at radius 3 is 3.41 bits per heavy atom.